The quantitative estimate of drug-likeness (QED) is 0.796. The summed E-state index contributed by atoms with van der Waals surface area (Å²) in [6.45, 7) is 4.06. The Kier molecular flexibility index (Phi) is 5.18. The fraction of sp³-hybridized carbons (Fsp3) is 0.500. The molecule has 0 atom stereocenters. The summed E-state index contributed by atoms with van der Waals surface area (Å²) in [5.41, 5.74) is 0.221. The van der Waals surface area contributed by atoms with E-state index in [9.17, 15) is 4.79 Å². The molecule has 0 saturated carbocycles. The number of hydrogen-bond acceptors (Lipinski definition) is 5. The Morgan fingerprint density at radius 2 is 1.63 bits per heavy atom. The van der Waals surface area contributed by atoms with Crippen LogP contribution in [0.2, 0.25) is 0 Å². The number of nitrogens with one attached hydrogen (secondary N) is 1. The minimum Gasteiger partial charge on any atom is -0.497 e. The predicted octanol–water partition coefficient (Wildman–Crippen LogP) is 1.74. The van der Waals surface area contributed by atoms with E-state index in [1.807, 2.05) is 12.1 Å². The second kappa shape index (κ2) is 6.43. The molecule has 0 aliphatic rings. The number of ether oxygens (including phenoxy) is 3. The average molecular weight is 267 g/mol. The first-order valence-corrected chi connectivity index (χ1v) is 5.98. The molecule has 1 aromatic carbocycles. The van der Waals surface area contributed by atoms with Crippen LogP contribution in [-0.4, -0.2) is 32.8 Å². The lowest BCUT2D eigenvalue weighted by atomic mass is 10.1. The van der Waals surface area contributed by atoms with Crippen LogP contribution in [0.15, 0.2) is 18.2 Å². The molecule has 0 fully saturated rings. The molecule has 106 valence electrons. The second-order valence-corrected chi connectivity index (χ2v) is 4.69. The third-order valence-corrected chi connectivity index (χ3v) is 2.84. The van der Waals surface area contributed by atoms with Crippen LogP contribution in [0.4, 0.5) is 0 Å². The van der Waals surface area contributed by atoms with Crippen molar-refractivity contribution in [1.29, 1.82) is 0 Å². The van der Waals surface area contributed by atoms with Gasteiger partial charge >= 0.3 is 5.97 Å². The molecule has 0 aromatic heterocycles. The molecule has 5 nitrogen and oxygen atoms in total. The van der Waals surface area contributed by atoms with E-state index in [1.54, 1.807) is 34.1 Å². The van der Waals surface area contributed by atoms with Crippen molar-refractivity contribution in [2.75, 3.05) is 21.3 Å². The van der Waals surface area contributed by atoms with Gasteiger partial charge in [-0.15, -0.1) is 0 Å². The van der Waals surface area contributed by atoms with Crippen LogP contribution in [0.3, 0.4) is 0 Å². The SMILES string of the molecule is COC(=O)C(C)(C)NCc1cc(OC)cc(OC)c1. The van der Waals surface area contributed by atoms with Gasteiger partial charge in [0, 0.05) is 12.6 Å². The lowest BCUT2D eigenvalue weighted by Gasteiger charge is -2.23. The molecule has 0 spiro atoms. The molecule has 0 radical (unpaired) electrons. The number of esters is 1. The van der Waals surface area contributed by atoms with Gasteiger partial charge in [-0.25, -0.2) is 0 Å². The predicted molar refractivity (Wildman–Crippen MR) is 72.5 cm³/mol. The van der Waals surface area contributed by atoms with Gasteiger partial charge < -0.3 is 14.2 Å². The zero-order chi connectivity index (χ0) is 14.5. The van der Waals surface area contributed by atoms with Crippen molar-refractivity contribution in [1.82, 2.24) is 5.32 Å². The Labute approximate surface area is 113 Å². The average Bonchev–Trinajstić information content (AvgIpc) is 2.43. The van der Waals surface area contributed by atoms with E-state index >= 15 is 0 Å². The number of hydrogen-bond donors (Lipinski definition) is 1. The smallest absolute Gasteiger partial charge is 0.325 e. The summed E-state index contributed by atoms with van der Waals surface area (Å²) in [5.74, 6) is 1.13. The largest absolute Gasteiger partial charge is 0.497 e. The molecule has 5 heteroatoms. The van der Waals surface area contributed by atoms with Crippen LogP contribution in [0.25, 0.3) is 0 Å². The molecule has 0 saturated heterocycles. The van der Waals surface area contributed by atoms with Crippen LogP contribution in [0, 0.1) is 0 Å². The lowest BCUT2D eigenvalue weighted by Crippen LogP contribution is -2.46. The fourth-order valence-electron chi connectivity index (χ4n) is 1.62. The normalized spacial score (nSPS) is 11.0. The summed E-state index contributed by atoms with van der Waals surface area (Å²) >= 11 is 0. The second-order valence-electron chi connectivity index (χ2n) is 4.69. The van der Waals surface area contributed by atoms with E-state index in [0.717, 1.165) is 5.56 Å². The van der Waals surface area contributed by atoms with Crippen molar-refractivity contribution in [2.45, 2.75) is 25.9 Å². The van der Waals surface area contributed by atoms with E-state index in [0.29, 0.717) is 18.0 Å². The molecule has 0 bridgehead atoms. The van der Waals surface area contributed by atoms with Crippen LogP contribution in [0.1, 0.15) is 19.4 Å². The van der Waals surface area contributed by atoms with E-state index in [1.165, 1.54) is 7.11 Å². The summed E-state index contributed by atoms with van der Waals surface area (Å²) in [6.07, 6.45) is 0. The first kappa shape index (κ1) is 15.3. The maximum atomic E-state index is 11.6. The van der Waals surface area contributed by atoms with Crippen molar-refractivity contribution in [3.63, 3.8) is 0 Å². The number of methoxy groups -OCH3 is 3. The number of carbonyl (C=O) groups is 1. The summed E-state index contributed by atoms with van der Waals surface area (Å²) in [6, 6.07) is 5.58. The van der Waals surface area contributed by atoms with Gasteiger partial charge in [0.2, 0.25) is 0 Å². The van der Waals surface area contributed by atoms with Gasteiger partial charge in [-0.3, -0.25) is 10.1 Å². The number of benzene rings is 1. The highest BCUT2D eigenvalue weighted by Crippen LogP contribution is 2.22. The molecule has 1 rings (SSSR count). The minimum absolute atomic E-state index is 0.303. The third-order valence-electron chi connectivity index (χ3n) is 2.84. The fourth-order valence-corrected chi connectivity index (χ4v) is 1.62. The first-order chi connectivity index (χ1) is 8.92. The lowest BCUT2D eigenvalue weighted by molar-refractivity contribution is -0.147. The van der Waals surface area contributed by atoms with E-state index in [4.69, 9.17) is 14.2 Å². The van der Waals surface area contributed by atoms with Crippen LogP contribution in [0.5, 0.6) is 11.5 Å². The van der Waals surface area contributed by atoms with Crippen molar-refractivity contribution in [3.8, 4) is 11.5 Å². The summed E-state index contributed by atoms with van der Waals surface area (Å²) in [5, 5.41) is 3.14. The van der Waals surface area contributed by atoms with Crippen LogP contribution >= 0.6 is 0 Å². The van der Waals surface area contributed by atoms with Gasteiger partial charge in [-0.1, -0.05) is 0 Å². The molecule has 0 unspecified atom stereocenters. The van der Waals surface area contributed by atoms with E-state index in [-0.39, 0.29) is 5.97 Å². The van der Waals surface area contributed by atoms with Gasteiger partial charge in [-0.2, -0.15) is 0 Å². The Bertz CT molecular complexity index is 421. The molecule has 0 aliphatic carbocycles. The molecule has 1 N–H and O–H groups in total. The highest BCUT2D eigenvalue weighted by Gasteiger charge is 2.27. The van der Waals surface area contributed by atoms with Gasteiger partial charge in [0.1, 0.15) is 17.0 Å². The number of carbonyl (C=O) groups excluding carboxylic acids is 1. The molecule has 0 aliphatic heterocycles. The maximum absolute atomic E-state index is 11.6. The highest BCUT2D eigenvalue weighted by atomic mass is 16.5. The summed E-state index contributed by atoms with van der Waals surface area (Å²) < 4.78 is 15.1. The van der Waals surface area contributed by atoms with Crippen LogP contribution < -0.4 is 14.8 Å². The van der Waals surface area contributed by atoms with Crippen molar-refractivity contribution >= 4 is 5.97 Å². The van der Waals surface area contributed by atoms with Gasteiger partial charge in [-0.05, 0) is 31.5 Å². The molecule has 0 amide bonds. The summed E-state index contributed by atoms with van der Waals surface area (Å²) in [4.78, 5) is 11.6. The van der Waals surface area contributed by atoms with Crippen molar-refractivity contribution in [3.05, 3.63) is 23.8 Å². The van der Waals surface area contributed by atoms with Crippen molar-refractivity contribution < 1.29 is 19.0 Å². The van der Waals surface area contributed by atoms with Crippen molar-refractivity contribution in [2.24, 2.45) is 0 Å². The zero-order valence-corrected chi connectivity index (χ0v) is 12.1. The molecular weight excluding hydrogens is 246 g/mol. The Morgan fingerprint density at radius 1 is 1.11 bits per heavy atom. The van der Waals surface area contributed by atoms with E-state index in [2.05, 4.69) is 5.32 Å². The molecule has 1 aromatic rings. The van der Waals surface area contributed by atoms with Crippen LogP contribution in [-0.2, 0) is 16.1 Å². The molecule has 0 heterocycles. The van der Waals surface area contributed by atoms with E-state index < -0.39 is 5.54 Å². The van der Waals surface area contributed by atoms with Gasteiger partial charge in [0.05, 0.1) is 21.3 Å². The molecule has 19 heavy (non-hydrogen) atoms. The maximum Gasteiger partial charge on any atom is 0.325 e. The highest BCUT2D eigenvalue weighted by molar-refractivity contribution is 5.79. The van der Waals surface area contributed by atoms with Gasteiger partial charge in [0.15, 0.2) is 0 Å². The third kappa shape index (κ3) is 4.13. The zero-order valence-electron chi connectivity index (χ0n) is 12.1. The topological polar surface area (TPSA) is 56.8 Å². The molecular formula is C14H21NO4. The monoisotopic (exact) mass is 267 g/mol. The standard InChI is InChI=1S/C14H21NO4/c1-14(2,13(16)19-5)15-9-10-6-11(17-3)8-12(7-10)18-4/h6-8,15H,9H2,1-5H3. The minimum atomic E-state index is -0.745. The van der Waals surface area contributed by atoms with Gasteiger partial charge in [0.25, 0.3) is 0 Å². The Balaban J connectivity index is 2.80. The Hall–Kier alpha value is -1.75. The Morgan fingerprint density at radius 3 is 2.05 bits per heavy atom. The summed E-state index contributed by atoms with van der Waals surface area (Å²) in [7, 11) is 4.58. The first-order valence-electron chi connectivity index (χ1n) is 5.98. The number of rotatable bonds is 6.